The number of ketones is 1. The second kappa shape index (κ2) is 6.29. The molecule has 106 valence electrons. The fourth-order valence-corrected chi connectivity index (χ4v) is 5.17. The molecule has 0 unspecified atom stereocenters. The van der Waals surface area contributed by atoms with Crippen molar-refractivity contribution < 1.29 is 23.5 Å². The lowest BCUT2D eigenvalue weighted by molar-refractivity contribution is -0.121. The quantitative estimate of drug-likeness (QED) is 0.724. The molecule has 6 heteroatoms. The zero-order valence-corrected chi connectivity index (χ0v) is 12.2. The van der Waals surface area contributed by atoms with Gasteiger partial charge < -0.3 is 14.2 Å². The third-order valence-corrected chi connectivity index (χ3v) is 6.00. The van der Waals surface area contributed by atoms with Gasteiger partial charge in [0.25, 0.3) is 0 Å². The maximum atomic E-state index is 12.7. The van der Waals surface area contributed by atoms with E-state index in [4.69, 9.17) is 9.05 Å². The van der Waals surface area contributed by atoms with E-state index in [1.54, 1.807) is 13.8 Å². The third kappa shape index (κ3) is 3.41. The lowest BCUT2D eigenvalue weighted by atomic mass is 9.95. The van der Waals surface area contributed by atoms with Gasteiger partial charge in [-0.25, -0.2) is 0 Å². The first kappa shape index (κ1) is 15.8. The first-order valence-electron chi connectivity index (χ1n) is 6.48. The van der Waals surface area contributed by atoms with Gasteiger partial charge in [0.1, 0.15) is 5.78 Å². The number of carbonyl (C=O) groups excluding carboxylic acids is 1. The molecule has 1 rings (SSSR count). The molecule has 0 bridgehead atoms. The molecule has 1 aliphatic carbocycles. The average molecular weight is 278 g/mol. The smallest absolute Gasteiger partial charge is 0.336 e. The van der Waals surface area contributed by atoms with Crippen LogP contribution in [-0.4, -0.2) is 35.4 Å². The minimum absolute atomic E-state index is 0.0157. The minimum atomic E-state index is -3.35. The van der Waals surface area contributed by atoms with Crippen LogP contribution in [0.15, 0.2) is 0 Å². The maximum Gasteiger partial charge on any atom is 0.336 e. The lowest BCUT2D eigenvalue weighted by Gasteiger charge is -2.33. The Hall–Kier alpha value is -0.220. The van der Waals surface area contributed by atoms with E-state index in [1.165, 1.54) is 6.92 Å². The molecule has 18 heavy (non-hydrogen) atoms. The molecule has 0 aliphatic heterocycles. The van der Waals surface area contributed by atoms with Gasteiger partial charge in [-0.1, -0.05) is 0 Å². The molecule has 0 saturated heterocycles. The van der Waals surface area contributed by atoms with Crippen molar-refractivity contribution in [3.63, 3.8) is 0 Å². The molecule has 1 N–H and O–H groups in total. The van der Waals surface area contributed by atoms with Crippen molar-refractivity contribution in [3.05, 3.63) is 0 Å². The van der Waals surface area contributed by atoms with Gasteiger partial charge >= 0.3 is 7.60 Å². The molecular weight excluding hydrogens is 255 g/mol. The standard InChI is InChI=1S/C12H23O5P/c1-4-16-18(15,17-5-2)11-7-6-8-12(11,14)9-10(3)13/h11,14H,4-9H2,1-3H3/t11-,12-/m1/s1. The summed E-state index contributed by atoms with van der Waals surface area (Å²) in [5.74, 6) is -0.107. The summed E-state index contributed by atoms with van der Waals surface area (Å²) in [4.78, 5) is 11.3. The minimum Gasteiger partial charge on any atom is -0.388 e. The van der Waals surface area contributed by atoms with Crippen LogP contribution in [-0.2, 0) is 18.4 Å². The van der Waals surface area contributed by atoms with Crippen LogP contribution in [0.5, 0.6) is 0 Å². The maximum absolute atomic E-state index is 12.7. The lowest BCUT2D eigenvalue weighted by Crippen LogP contribution is -2.39. The number of Topliss-reactive ketones (excluding diaryl/α,β-unsaturated/α-hetero) is 1. The van der Waals surface area contributed by atoms with E-state index in [1.807, 2.05) is 0 Å². The molecule has 2 atom stereocenters. The largest absolute Gasteiger partial charge is 0.388 e. The molecule has 0 radical (unpaired) electrons. The molecule has 1 fully saturated rings. The fraction of sp³-hybridized carbons (Fsp3) is 0.917. The van der Waals surface area contributed by atoms with Crippen LogP contribution in [0.2, 0.25) is 0 Å². The highest BCUT2D eigenvalue weighted by Gasteiger charge is 2.53. The number of carbonyl (C=O) groups is 1. The fourth-order valence-electron chi connectivity index (χ4n) is 2.70. The molecule has 0 aromatic heterocycles. The van der Waals surface area contributed by atoms with Crippen molar-refractivity contribution in [2.75, 3.05) is 13.2 Å². The Labute approximate surface area is 108 Å². The van der Waals surface area contributed by atoms with Crippen molar-refractivity contribution in [1.29, 1.82) is 0 Å². The summed E-state index contributed by atoms with van der Waals surface area (Å²) >= 11 is 0. The summed E-state index contributed by atoms with van der Waals surface area (Å²) in [6.45, 7) is 5.45. The van der Waals surface area contributed by atoms with Crippen molar-refractivity contribution in [2.45, 2.75) is 57.7 Å². The van der Waals surface area contributed by atoms with Crippen LogP contribution in [0.25, 0.3) is 0 Å². The topological polar surface area (TPSA) is 72.8 Å². The highest BCUT2D eigenvalue weighted by molar-refractivity contribution is 7.54. The van der Waals surface area contributed by atoms with Crippen LogP contribution in [0, 0.1) is 0 Å². The zero-order valence-electron chi connectivity index (χ0n) is 11.3. The second-order valence-corrected chi connectivity index (χ2v) is 6.99. The first-order chi connectivity index (χ1) is 8.38. The van der Waals surface area contributed by atoms with Gasteiger partial charge in [-0.3, -0.25) is 9.36 Å². The number of hydrogen-bond donors (Lipinski definition) is 1. The van der Waals surface area contributed by atoms with Crippen LogP contribution >= 0.6 is 7.60 Å². The monoisotopic (exact) mass is 278 g/mol. The van der Waals surface area contributed by atoms with E-state index in [-0.39, 0.29) is 25.4 Å². The molecule has 0 aromatic rings. The number of aliphatic hydroxyl groups is 1. The Kier molecular flexibility index (Phi) is 5.53. The molecule has 5 nitrogen and oxygen atoms in total. The molecular formula is C12H23O5P. The zero-order chi connectivity index (χ0) is 13.8. The number of hydrogen-bond acceptors (Lipinski definition) is 5. The van der Waals surface area contributed by atoms with Gasteiger partial charge in [-0.2, -0.15) is 0 Å². The van der Waals surface area contributed by atoms with Crippen LogP contribution < -0.4 is 0 Å². The van der Waals surface area contributed by atoms with Crippen molar-refractivity contribution in [3.8, 4) is 0 Å². The van der Waals surface area contributed by atoms with Crippen molar-refractivity contribution in [1.82, 2.24) is 0 Å². The van der Waals surface area contributed by atoms with E-state index in [0.29, 0.717) is 12.8 Å². The molecule has 0 amide bonds. The highest BCUT2D eigenvalue weighted by atomic mass is 31.2. The Morgan fingerprint density at radius 3 is 2.39 bits per heavy atom. The van der Waals surface area contributed by atoms with Gasteiger partial charge in [0, 0.05) is 6.42 Å². The number of rotatable bonds is 7. The summed E-state index contributed by atoms with van der Waals surface area (Å²) in [6, 6.07) is 0. The summed E-state index contributed by atoms with van der Waals surface area (Å²) in [5, 5.41) is 10.6. The predicted octanol–water partition coefficient (Wildman–Crippen LogP) is 2.52. The summed E-state index contributed by atoms with van der Waals surface area (Å²) in [7, 11) is -3.35. The van der Waals surface area contributed by atoms with Gasteiger partial charge in [0.05, 0.1) is 24.5 Å². The van der Waals surface area contributed by atoms with Crippen LogP contribution in [0.1, 0.15) is 46.5 Å². The molecule has 0 heterocycles. The Bertz CT molecular complexity index is 333. The van der Waals surface area contributed by atoms with E-state index in [2.05, 4.69) is 0 Å². The molecule has 0 aromatic carbocycles. The Balaban J connectivity index is 2.96. The first-order valence-corrected chi connectivity index (χ1v) is 8.09. The molecule has 0 spiro atoms. The molecule has 1 saturated carbocycles. The average Bonchev–Trinajstić information content (AvgIpc) is 2.59. The predicted molar refractivity (Wildman–Crippen MR) is 68.7 cm³/mol. The Morgan fingerprint density at radius 2 is 1.94 bits per heavy atom. The van der Waals surface area contributed by atoms with Crippen LogP contribution in [0.3, 0.4) is 0 Å². The summed E-state index contributed by atoms with van der Waals surface area (Å²) in [5.41, 5.74) is -1.83. The van der Waals surface area contributed by atoms with Gasteiger partial charge in [0.2, 0.25) is 0 Å². The van der Waals surface area contributed by atoms with Gasteiger partial charge in [-0.05, 0) is 40.0 Å². The van der Waals surface area contributed by atoms with E-state index in [9.17, 15) is 14.5 Å². The van der Waals surface area contributed by atoms with E-state index < -0.39 is 18.9 Å². The highest BCUT2D eigenvalue weighted by Crippen LogP contribution is 2.61. The summed E-state index contributed by atoms with van der Waals surface area (Å²) < 4.78 is 23.3. The van der Waals surface area contributed by atoms with Gasteiger partial charge in [0.15, 0.2) is 0 Å². The molecule has 1 aliphatic rings. The summed E-state index contributed by atoms with van der Waals surface area (Å²) in [6.07, 6.45) is 1.79. The Morgan fingerprint density at radius 1 is 1.39 bits per heavy atom. The van der Waals surface area contributed by atoms with E-state index in [0.717, 1.165) is 6.42 Å². The third-order valence-electron chi connectivity index (χ3n) is 3.26. The second-order valence-electron chi connectivity index (χ2n) is 4.77. The van der Waals surface area contributed by atoms with Crippen molar-refractivity contribution >= 4 is 13.4 Å². The van der Waals surface area contributed by atoms with E-state index >= 15 is 0 Å². The van der Waals surface area contributed by atoms with Crippen LogP contribution in [0.4, 0.5) is 0 Å². The SMILES string of the molecule is CCOP(=O)(OCC)[C@@H]1CCC[C@@]1(O)CC(C)=O. The normalized spacial score (nSPS) is 28.6. The van der Waals surface area contributed by atoms with Gasteiger partial charge in [-0.15, -0.1) is 0 Å². The van der Waals surface area contributed by atoms with Crippen molar-refractivity contribution in [2.24, 2.45) is 0 Å².